The van der Waals surface area contributed by atoms with E-state index >= 15 is 0 Å². The highest BCUT2D eigenvalue weighted by atomic mass is 16.7. The van der Waals surface area contributed by atoms with Gasteiger partial charge >= 0.3 is 6.09 Å². The zero-order chi connectivity index (χ0) is 17.9. The van der Waals surface area contributed by atoms with E-state index in [2.05, 4.69) is 0 Å². The van der Waals surface area contributed by atoms with Crippen molar-refractivity contribution in [3.8, 4) is 0 Å². The summed E-state index contributed by atoms with van der Waals surface area (Å²) in [6.07, 6.45) is -4.31. The molecule has 1 amide bonds. The zero-order valence-corrected chi connectivity index (χ0v) is 14.4. The maximum absolute atomic E-state index is 12.6. The predicted octanol–water partition coefficient (Wildman–Crippen LogP) is 1.19. The summed E-state index contributed by atoms with van der Waals surface area (Å²) in [5, 5.41) is 20.7. The number of amides is 1. The average molecular weight is 349 g/mol. The molecule has 1 unspecified atom stereocenters. The van der Waals surface area contributed by atoms with Gasteiger partial charge in [-0.3, -0.25) is 4.90 Å². The first-order valence-corrected chi connectivity index (χ1v) is 8.51. The van der Waals surface area contributed by atoms with Crippen LogP contribution < -0.4 is 0 Å². The number of rotatable bonds is 1. The lowest BCUT2D eigenvalue weighted by atomic mass is 9.90. The minimum absolute atomic E-state index is 0.499. The normalized spacial score (nSPS) is 39.6. The van der Waals surface area contributed by atoms with Crippen LogP contribution in [-0.2, 0) is 14.2 Å². The number of benzene rings is 1. The van der Waals surface area contributed by atoms with Gasteiger partial charge in [0.05, 0.1) is 12.1 Å². The Kier molecular flexibility index (Phi) is 3.81. The molecule has 4 rings (SSSR count). The first-order valence-electron chi connectivity index (χ1n) is 8.51. The second-order valence-electron chi connectivity index (χ2n) is 7.79. The maximum atomic E-state index is 12.6. The monoisotopic (exact) mass is 349 g/mol. The molecule has 0 aromatic heterocycles. The summed E-state index contributed by atoms with van der Waals surface area (Å²) >= 11 is 0. The molecule has 0 radical (unpaired) electrons. The van der Waals surface area contributed by atoms with Crippen molar-refractivity contribution in [2.45, 2.75) is 69.2 Å². The average Bonchev–Trinajstić information content (AvgIpc) is 3.15. The first-order chi connectivity index (χ1) is 11.8. The molecule has 7 nitrogen and oxygen atoms in total. The fourth-order valence-electron chi connectivity index (χ4n) is 3.98. The molecule has 136 valence electrons. The number of carbonyl (C=O) groups excluding carboxylic acids is 1. The molecule has 3 saturated heterocycles. The number of hydrogen-bond acceptors (Lipinski definition) is 6. The van der Waals surface area contributed by atoms with E-state index in [0.717, 1.165) is 5.56 Å². The Labute approximate surface area is 146 Å². The van der Waals surface area contributed by atoms with Crippen molar-refractivity contribution in [3.05, 3.63) is 35.9 Å². The van der Waals surface area contributed by atoms with Crippen molar-refractivity contribution in [1.29, 1.82) is 0 Å². The van der Waals surface area contributed by atoms with Crippen LogP contribution in [0.25, 0.3) is 0 Å². The smallest absolute Gasteiger partial charge is 0.411 e. The molecule has 0 saturated carbocycles. The van der Waals surface area contributed by atoms with Gasteiger partial charge in [-0.25, -0.2) is 4.79 Å². The lowest BCUT2D eigenvalue weighted by molar-refractivity contribution is -0.0973. The van der Waals surface area contributed by atoms with Crippen molar-refractivity contribution < 1.29 is 29.2 Å². The van der Waals surface area contributed by atoms with Gasteiger partial charge in [-0.15, -0.1) is 0 Å². The molecule has 0 spiro atoms. The summed E-state index contributed by atoms with van der Waals surface area (Å²) in [4.78, 5) is 14.0. The van der Waals surface area contributed by atoms with Gasteiger partial charge in [0, 0.05) is 5.56 Å². The summed E-state index contributed by atoms with van der Waals surface area (Å²) in [7, 11) is 0. The van der Waals surface area contributed by atoms with Crippen molar-refractivity contribution in [3.63, 3.8) is 0 Å². The number of aliphatic hydroxyl groups excluding tert-OH is 2. The van der Waals surface area contributed by atoms with E-state index in [1.54, 1.807) is 20.8 Å². The molecule has 3 fully saturated rings. The molecular weight excluding hydrogens is 326 g/mol. The molecule has 1 aromatic rings. The van der Waals surface area contributed by atoms with Crippen LogP contribution in [0.4, 0.5) is 4.79 Å². The Balaban J connectivity index is 1.58. The Morgan fingerprint density at radius 2 is 1.56 bits per heavy atom. The summed E-state index contributed by atoms with van der Waals surface area (Å²) < 4.78 is 17.4. The van der Waals surface area contributed by atoms with E-state index < -0.39 is 54.5 Å². The fourth-order valence-corrected chi connectivity index (χ4v) is 3.98. The molecule has 7 heteroatoms. The third-order valence-corrected chi connectivity index (χ3v) is 4.93. The summed E-state index contributed by atoms with van der Waals surface area (Å²) in [5.41, 5.74) is 0.197. The van der Waals surface area contributed by atoms with Crippen LogP contribution in [0.1, 0.15) is 32.6 Å². The number of fused-ring (bicyclic) bond motifs is 5. The van der Waals surface area contributed by atoms with Crippen LogP contribution in [0.15, 0.2) is 30.3 Å². The molecular formula is C18H23NO6. The lowest BCUT2D eigenvalue weighted by Gasteiger charge is -2.29. The molecule has 1 aromatic carbocycles. The van der Waals surface area contributed by atoms with Crippen LogP contribution >= 0.6 is 0 Å². The Bertz CT molecular complexity index is 635. The van der Waals surface area contributed by atoms with Crippen LogP contribution in [0.3, 0.4) is 0 Å². The van der Waals surface area contributed by atoms with Gasteiger partial charge < -0.3 is 24.4 Å². The van der Waals surface area contributed by atoms with Crippen LogP contribution in [0.5, 0.6) is 0 Å². The zero-order valence-electron chi connectivity index (χ0n) is 14.4. The molecule has 2 bridgehead atoms. The van der Waals surface area contributed by atoms with Crippen LogP contribution in [0, 0.1) is 0 Å². The number of aliphatic hydroxyl groups is 2. The van der Waals surface area contributed by atoms with Crippen molar-refractivity contribution in [1.82, 2.24) is 4.90 Å². The van der Waals surface area contributed by atoms with Gasteiger partial charge in [-0.1, -0.05) is 30.3 Å². The topological polar surface area (TPSA) is 88.5 Å². The molecule has 2 N–H and O–H groups in total. The van der Waals surface area contributed by atoms with E-state index in [1.165, 1.54) is 4.90 Å². The third-order valence-electron chi connectivity index (χ3n) is 4.93. The quantitative estimate of drug-likeness (QED) is 0.792. The number of ether oxygens (including phenoxy) is 3. The lowest BCUT2D eigenvalue weighted by Crippen LogP contribution is -2.50. The standard InChI is InChI=1S/C18H23NO6/c1-18(2,3)25-17(22)19-10-12(20)13(21)11(19)15-14(10)23-16(24-15)9-7-5-4-6-8-9/h4-8,10-16,20-21H,1-3H3/t10-,11+,12-,13+,14-,15+,16?. The van der Waals surface area contributed by atoms with Crippen molar-refractivity contribution in [2.75, 3.05) is 0 Å². The summed E-state index contributed by atoms with van der Waals surface area (Å²) in [6.45, 7) is 5.32. The molecule has 3 aliphatic heterocycles. The summed E-state index contributed by atoms with van der Waals surface area (Å²) in [6, 6.07) is 8.10. The fraction of sp³-hybridized carbons (Fsp3) is 0.611. The molecule has 25 heavy (non-hydrogen) atoms. The highest BCUT2D eigenvalue weighted by Gasteiger charge is 2.69. The van der Waals surface area contributed by atoms with Crippen molar-refractivity contribution in [2.24, 2.45) is 0 Å². The molecule has 7 atom stereocenters. The maximum Gasteiger partial charge on any atom is 0.411 e. The molecule has 3 heterocycles. The Morgan fingerprint density at radius 1 is 1.04 bits per heavy atom. The van der Waals surface area contributed by atoms with Gasteiger partial charge in [0.1, 0.15) is 30.0 Å². The van der Waals surface area contributed by atoms with E-state index in [1.807, 2.05) is 30.3 Å². The first kappa shape index (κ1) is 16.8. The van der Waals surface area contributed by atoms with Crippen LogP contribution in [0.2, 0.25) is 0 Å². The number of nitrogens with zero attached hydrogens (tertiary/aromatic N) is 1. The molecule has 0 aliphatic carbocycles. The Morgan fingerprint density at radius 3 is 2.04 bits per heavy atom. The van der Waals surface area contributed by atoms with Gasteiger partial charge in [0.2, 0.25) is 0 Å². The van der Waals surface area contributed by atoms with Gasteiger partial charge in [-0.05, 0) is 20.8 Å². The van der Waals surface area contributed by atoms with Gasteiger partial charge in [-0.2, -0.15) is 0 Å². The SMILES string of the molecule is CC(C)(C)OC(=O)N1[C@@H]2[C@@H](O)[C@@H](O)[C@H]1[C@@H]1OC(c3ccccc3)O[C@@H]12. The van der Waals surface area contributed by atoms with Gasteiger partial charge in [0.25, 0.3) is 0 Å². The number of hydrogen-bond donors (Lipinski definition) is 2. The predicted molar refractivity (Wildman–Crippen MR) is 86.6 cm³/mol. The minimum Gasteiger partial charge on any atom is -0.444 e. The van der Waals surface area contributed by atoms with E-state index in [9.17, 15) is 15.0 Å². The second kappa shape index (κ2) is 5.67. The third kappa shape index (κ3) is 2.62. The Hall–Kier alpha value is -1.67. The van der Waals surface area contributed by atoms with Crippen LogP contribution in [-0.4, -0.2) is 63.3 Å². The van der Waals surface area contributed by atoms with E-state index in [4.69, 9.17) is 14.2 Å². The second-order valence-corrected chi connectivity index (χ2v) is 7.79. The van der Waals surface area contributed by atoms with E-state index in [0.29, 0.717) is 0 Å². The van der Waals surface area contributed by atoms with Crippen molar-refractivity contribution >= 4 is 6.09 Å². The van der Waals surface area contributed by atoms with E-state index in [-0.39, 0.29) is 0 Å². The summed E-state index contributed by atoms with van der Waals surface area (Å²) in [5.74, 6) is 0. The largest absolute Gasteiger partial charge is 0.444 e. The van der Waals surface area contributed by atoms with Gasteiger partial charge in [0.15, 0.2) is 6.29 Å². The highest BCUT2D eigenvalue weighted by molar-refractivity contribution is 5.71. The number of carbonyl (C=O) groups is 1. The highest BCUT2D eigenvalue weighted by Crippen LogP contribution is 2.49. The minimum atomic E-state index is -1.09. The molecule has 3 aliphatic rings.